The molecule has 1 nitrogen and oxygen atoms in total. The summed E-state index contributed by atoms with van der Waals surface area (Å²) in [6.07, 6.45) is 2.74. The number of aliphatic hydroxyl groups excluding tert-OH is 1. The number of fused-ring (bicyclic) bond motifs is 6. The van der Waals surface area contributed by atoms with Gasteiger partial charge in [-0.25, -0.2) is 0 Å². The zero-order valence-corrected chi connectivity index (χ0v) is 26.4. The van der Waals surface area contributed by atoms with E-state index in [1.54, 1.807) is 0 Å². The first kappa shape index (κ1) is 27.6. The molecule has 4 aromatic rings. The van der Waals surface area contributed by atoms with Gasteiger partial charge in [0.15, 0.2) is 0 Å². The van der Waals surface area contributed by atoms with E-state index >= 15 is 0 Å². The summed E-state index contributed by atoms with van der Waals surface area (Å²) < 4.78 is 5.20. The molecule has 0 spiro atoms. The van der Waals surface area contributed by atoms with E-state index in [0.29, 0.717) is 0 Å². The Labute approximate surface area is 232 Å². The second kappa shape index (κ2) is 10.4. The van der Waals surface area contributed by atoms with Gasteiger partial charge in [0.2, 0.25) is 0 Å². The molecule has 2 aliphatic rings. The van der Waals surface area contributed by atoms with Gasteiger partial charge in [0.05, 0.1) is 0 Å². The van der Waals surface area contributed by atoms with Crippen molar-refractivity contribution in [2.24, 2.45) is 0 Å². The summed E-state index contributed by atoms with van der Waals surface area (Å²) in [5, 5.41) is 9.86. The molecule has 0 unspecified atom stereocenters. The Kier molecular flexibility index (Phi) is 7.92. The number of hydrogen-bond acceptors (Lipinski definition) is 1. The van der Waals surface area contributed by atoms with Crippen LogP contribution in [-0.2, 0) is 34.8 Å². The van der Waals surface area contributed by atoms with Gasteiger partial charge in [-0.15, -0.1) is 24.8 Å². The molecule has 2 aliphatic carbocycles. The van der Waals surface area contributed by atoms with Crippen LogP contribution in [0.15, 0.2) is 84.9 Å². The molecule has 0 radical (unpaired) electrons. The van der Waals surface area contributed by atoms with Gasteiger partial charge in [0, 0.05) is 0 Å². The van der Waals surface area contributed by atoms with E-state index in [4.69, 9.17) is 0 Å². The standard InChI is InChI=1S/C29H23O.2CH3.2ClH.H2Si.Zr/c30-17-7-14-23-27(16-15-24-20-9-2-1-8-19(20)18-28(23)24)29-25-12-5-3-10-21(25)22-11-4-6-13-26(22)29;;;;;;/h1-6,8-13,15-16,30H,7,14,17-18H2;2*1H3;2*1H;1H2;. The predicted octanol–water partition coefficient (Wildman–Crippen LogP) is 7.10. The molecule has 0 saturated heterocycles. The molecular formula is C31H33Cl2OSiZr. The van der Waals surface area contributed by atoms with Crippen LogP contribution in [-0.4, -0.2) is 18.6 Å². The van der Waals surface area contributed by atoms with E-state index in [9.17, 15) is 5.11 Å². The first-order valence-corrected chi connectivity index (χ1v) is 24.4. The average molecular weight is 612 g/mol. The second-order valence-electron chi connectivity index (χ2n) is 10.5. The number of rotatable bonds is 5. The van der Waals surface area contributed by atoms with E-state index in [0.717, 1.165) is 19.3 Å². The van der Waals surface area contributed by atoms with Gasteiger partial charge in [-0.2, -0.15) is 0 Å². The maximum atomic E-state index is 9.86. The first-order chi connectivity index (χ1) is 16.5. The Balaban J connectivity index is 0.00000152. The first-order valence-electron chi connectivity index (χ1n) is 12.4. The van der Waals surface area contributed by atoms with Crippen molar-refractivity contribution in [3.8, 4) is 22.3 Å². The summed E-state index contributed by atoms with van der Waals surface area (Å²) in [5.41, 5.74) is 14.5. The van der Waals surface area contributed by atoms with Gasteiger partial charge < -0.3 is 0 Å². The third-order valence-corrected chi connectivity index (χ3v) is 18.2. The van der Waals surface area contributed by atoms with Crippen LogP contribution in [0, 0.1) is 0 Å². The van der Waals surface area contributed by atoms with Gasteiger partial charge >= 0.3 is 210 Å². The zero-order valence-electron chi connectivity index (χ0n) is 20.9. The summed E-state index contributed by atoms with van der Waals surface area (Å²) in [7, 11) is 0. The molecule has 4 aromatic carbocycles. The van der Waals surface area contributed by atoms with E-state index in [1.807, 2.05) is 0 Å². The molecule has 0 saturated carbocycles. The minimum atomic E-state index is -2.76. The topological polar surface area (TPSA) is 20.2 Å². The Hall–Kier alpha value is -1.48. The van der Waals surface area contributed by atoms with Gasteiger partial charge in [0.1, 0.15) is 0 Å². The molecule has 0 heterocycles. The van der Waals surface area contributed by atoms with Crippen LogP contribution in [0.4, 0.5) is 0 Å². The maximum absolute atomic E-state index is 9.86. The van der Waals surface area contributed by atoms with Gasteiger partial charge in [-0.3, -0.25) is 0 Å². The van der Waals surface area contributed by atoms with E-state index in [2.05, 4.69) is 101 Å². The number of benzene rings is 4. The summed E-state index contributed by atoms with van der Waals surface area (Å²) in [6, 6.07) is 32.1. The van der Waals surface area contributed by atoms with Crippen LogP contribution >= 0.6 is 24.8 Å². The van der Waals surface area contributed by atoms with Crippen molar-refractivity contribution in [1.29, 1.82) is 0 Å². The Morgan fingerprint density at radius 2 is 1.28 bits per heavy atom. The van der Waals surface area contributed by atoms with Crippen molar-refractivity contribution in [3.05, 3.63) is 118 Å². The van der Waals surface area contributed by atoms with Gasteiger partial charge in [-0.05, 0) is 0 Å². The van der Waals surface area contributed by atoms with Gasteiger partial charge in [-0.1, -0.05) is 0 Å². The van der Waals surface area contributed by atoms with Gasteiger partial charge in [0.25, 0.3) is 0 Å². The van der Waals surface area contributed by atoms with Crippen LogP contribution in [0.25, 0.3) is 22.3 Å². The van der Waals surface area contributed by atoms with Crippen LogP contribution in [0.2, 0.25) is 9.26 Å². The van der Waals surface area contributed by atoms with Crippen molar-refractivity contribution in [3.63, 3.8) is 0 Å². The third-order valence-electron chi connectivity index (χ3n) is 8.06. The predicted molar refractivity (Wildman–Crippen MR) is 157 cm³/mol. The van der Waals surface area contributed by atoms with Crippen molar-refractivity contribution >= 4 is 31.7 Å². The third kappa shape index (κ3) is 3.86. The van der Waals surface area contributed by atoms with Crippen LogP contribution in [0.5, 0.6) is 0 Å². The van der Waals surface area contributed by atoms with Crippen molar-refractivity contribution in [2.45, 2.75) is 31.6 Å². The van der Waals surface area contributed by atoms with Crippen molar-refractivity contribution < 1.29 is 24.0 Å². The Morgan fingerprint density at radius 1 is 0.722 bits per heavy atom. The zero-order chi connectivity index (χ0) is 23.5. The number of hydrogen-bond donors (Lipinski definition) is 1. The Bertz CT molecular complexity index is 1440. The molecule has 185 valence electrons. The number of aliphatic hydroxyl groups is 1. The molecule has 6 rings (SSSR count). The van der Waals surface area contributed by atoms with Crippen LogP contribution in [0.1, 0.15) is 39.8 Å². The molecule has 36 heavy (non-hydrogen) atoms. The monoisotopic (exact) mass is 609 g/mol. The molecule has 0 aromatic heterocycles. The average Bonchev–Trinajstić information content (AvgIpc) is 3.37. The molecule has 0 aliphatic heterocycles. The fourth-order valence-corrected chi connectivity index (χ4v) is 17.2. The Morgan fingerprint density at radius 3 is 1.86 bits per heavy atom. The fourth-order valence-electron chi connectivity index (χ4n) is 6.79. The molecule has 5 heteroatoms. The molecule has 0 amide bonds. The summed E-state index contributed by atoms with van der Waals surface area (Å²) in [4.78, 5) is 0. The fraction of sp³-hybridized carbons (Fsp3) is 0.226. The molecular weight excluding hydrogens is 579 g/mol. The van der Waals surface area contributed by atoms with E-state index in [-0.39, 0.29) is 34.5 Å². The summed E-state index contributed by atoms with van der Waals surface area (Å²) in [5.74, 6) is 0. The molecule has 0 atom stereocenters. The molecule has 1 N–H and O–H groups in total. The van der Waals surface area contributed by atoms with E-state index < -0.39 is 18.9 Å². The molecule has 0 bridgehead atoms. The number of halogens is 2. The second-order valence-corrected chi connectivity index (χ2v) is 32.1. The summed E-state index contributed by atoms with van der Waals surface area (Å²) >= 11 is -2.76. The molecule has 0 fully saturated rings. The van der Waals surface area contributed by atoms with Crippen molar-refractivity contribution in [2.75, 3.05) is 6.61 Å². The minimum absolute atomic E-state index is 0. The summed E-state index contributed by atoms with van der Waals surface area (Å²) in [6.45, 7) is 2.57. The van der Waals surface area contributed by atoms with Crippen molar-refractivity contribution in [1.82, 2.24) is 0 Å². The SMILES string of the molecule is Cl.Cl.[CH3][Zr]([CH3])(=[SiH2])[C]1(c2ccc3c(c2CCCO)Cc2ccccc2-3)c2ccccc2-c2ccccc21. The quantitative estimate of drug-likeness (QED) is 0.210. The van der Waals surface area contributed by atoms with E-state index in [1.165, 1.54) is 55.6 Å². The normalized spacial score (nSPS) is 14.1. The van der Waals surface area contributed by atoms with Crippen LogP contribution in [0.3, 0.4) is 0 Å². The van der Waals surface area contributed by atoms with Crippen LogP contribution < -0.4 is 0 Å².